The summed E-state index contributed by atoms with van der Waals surface area (Å²) < 4.78 is 0.914. The number of anilines is 1. The molecule has 37 heavy (non-hydrogen) atoms. The number of hydrogen-bond donors (Lipinski definition) is 1. The predicted octanol–water partition coefficient (Wildman–Crippen LogP) is 8.44. The second-order valence-corrected chi connectivity index (χ2v) is 11.3. The number of aromatic amines is 1. The molecular weight excluding hydrogens is 548 g/mol. The number of amides is 1. The lowest BCUT2D eigenvalue weighted by Crippen LogP contribution is -2.40. The molecule has 1 aliphatic carbocycles. The predicted molar refractivity (Wildman–Crippen MR) is 154 cm³/mol. The molecule has 1 amide bonds. The molecule has 0 radical (unpaired) electrons. The molecule has 1 aromatic heterocycles. The first-order valence-corrected chi connectivity index (χ1v) is 14.1. The molecule has 1 unspecified atom stereocenters. The summed E-state index contributed by atoms with van der Waals surface area (Å²) in [6.45, 7) is 0. The molecule has 190 valence electrons. The van der Waals surface area contributed by atoms with Crippen molar-refractivity contribution in [2.75, 3.05) is 4.90 Å². The summed E-state index contributed by atoms with van der Waals surface area (Å²) >= 11 is 9.71. The number of carbonyl (C=O) groups is 2. The standard InChI is InChI=1S/C31H30BrClN2O2/c32-24-12-16-26(17-13-24)35(30(37)19-23-20-34-28-9-5-4-8-27(23)28)31(22-10-14-25(33)15-11-22)29(36)18-21-6-2-1-3-7-21/h4-5,8-17,20-21,31,34H,1-3,6-7,18-19H2. The molecule has 1 N–H and O–H groups in total. The van der Waals surface area contributed by atoms with Crippen LogP contribution in [0.4, 0.5) is 5.69 Å². The van der Waals surface area contributed by atoms with Gasteiger partial charge in [0.05, 0.1) is 6.42 Å². The molecule has 1 atom stereocenters. The van der Waals surface area contributed by atoms with Crippen molar-refractivity contribution in [3.05, 3.63) is 99.6 Å². The van der Waals surface area contributed by atoms with Crippen LogP contribution in [0.3, 0.4) is 0 Å². The maximum Gasteiger partial charge on any atom is 0.232 e. The van der Waals surface area contributed by atoms with E-state index in [9.17, 15) is 9.59 Å². The zero-order valence-corrected chi connectivity index (χ0v) is 23.0. The lowest BCUT2D eigenvalue weighted by Gasteiger charge is -2.33. The van der Waals surface area contributed by atoms with Gasteiger partial charge in [-0.2, -0.15) is 0 Å². The molecule has 4 nitrogen and oxygen atoms in total. The molecular formula is C31H30BrClN2O2. The molecule has 1 fully saturated rings. The van der Waals surface area contributed by atoms with Gasteiger partial charge in [-0.1, -0.05) is 90.0 Å². The van der Waals surface area contributed by atoms with E-state index in [1.807, 2.05) is 66.9 Å². The second kappa shape index (κ2) is 11.7. The van der Waals surface area contributed by atoms with Gasteiger partial charge in [0, 0.05) is 38.7 Å². The average Bonchev–Trinajstić information content (AvgIpc) is 3.32. The molecule has 4 aromatic rings. The summed E-state index contributed by atoms with van der Waals surface area (Å²) in [4.78, 5) is 33.2. The molecule has 6 heteroatoms. The Morgan fingerprint density at radius 3 is 2.38 bits per heavy atom. The van der Waals surface area contributed by atoms with Crippen molar-refractivity contribution in [1.29, 1.82) is 0 Å². The van der Waals surface area contributed by atoms with Crippen molar-refractivity contribution < 1.29 is 9.59 Å². The highest BCUT2D eigenvalue weighted by molar-refractivity contribution is 9.10. The number of hydrogen-bond acceptors (Lipinski definition) is 2. The van der Waals surface area contributed by atoms with Crippen LogP contribution in [0.25, 0.3) is 10.9 Å². The summed E-state index contributed by atoms with van der Waals surface area (Å²) in [5.41, 5.74) is 3.38. The first-order chi connectivity index (χ1) is 18.0. The first-order valence-electron chi connectivity index (χ1n) is 12.9. The fourth-order valence-electron chi connectivity index (χ4n) is 5.48. The normalized spacial score (nSPS) is 15.0. The topological polar surface area (TPSA) is 53.2 Å². The van der Waals surface area contributed by atoms with E-state index in [0.29, 0.717) is 23.0 Å². The van der Waals surface area contributed by atoms with Crippen LogP contribution in [-0.2, 0) is 16.0 Å². The number of aromatic nitrogens is 1. The van der Waals surface area contributed by atoms with Crippen LogP contribution < -0.4 is 4.90 Å². The number of ketones is 1. The van der Waals surface area contributed by atoms with Crippen LogP contribution in [0.15, 0.2) is 83.5 Å². The molecule has 1 heterocycles. The second-order valence-electron chi connectivity index (χ2n) is 9.90. The van der Waals surface area contributed by atoms with Crippen LogP contribution in [0.2, 0.25) is 5.02 Å². The third-order valence-electron chi connectivity index (χ3n) is 7.35. The smallest absolute Gasteiger partial charge is 0.232 e. The molecule has 1 aliphatic rings. The van der Waals surface area contributed by atoms with E-state index in [0.717, 1.165) is 39.3 Å². The molecule has 0 spiro atoms. The molecule has 1 saturated carbocycles. The first kappa shape index (κ1) is 25.7. The van der Waals surface area contributed by atoms with E-state index >= 15 is 0 Å². The van der Waals surface area contributed by atoms with Gasteiger partial charge in [0.1, 0.15) is 6.04 Å². The SMILES string of the molecule is O=C(CC1CCCCC1)C(c1ccc(Cl)cc1)N(C(=O)Cc1c[nH]c2ccccc12)c1ccc(Br)cc1. The van der Waals surface area contributed by atoms with E-state index in [4.69, 9.17) is 11.6 Å². The van der Waals surface area contributed by atoms with Gasteiger partial charge in [-0.15, -0.1) is 0 Å². The Morgan fingerprint density at radius 2 is 1.65 bits per heavy atom. The Labute approximate surface area is 231 Å². The Bertz CT molecular complexity index is 1370. The van der Waals surface area contributed by atoms with Gasteiger partial charge in [-0.3, -0.25) is 14.5 Å². The van der Waals surface area contributed by atoms with Gasteiger partial charge in [-0.25, -0.2) is 0 Å². The molecule has 5 rings (SSSR count). The minimum Gasteiger partial charge on any atom is -0.361 e. The Kier molecular flexibility index (Phi) is 8.11. The van der Waals surface area contributed by atoms with E-state index in [-0.39, 0.29) is 18.1 Å². The fraction of sp³-hybridized carbons (Fsp3) is 0.290. The van der Waals surface area contributed by atoms with Crippen molar-refractivity contribution in [3.63, 3.8) is 0 Å². The number of para-hydroxylation sites is 1. The van der Waals surface area contributed by atoms with Crippen LogP contribution in [0.5, 0.6) is 0 Å². The number of benzene rings is 3. The maximum atomic E-state index is 14.1. The number of rotatable bonds is 8. The van der Waals surface area contributed by atoms with Gasteiger partial charge >= 0.3 is 0 Å². The zero-order valence-electron chi connectivity index (χ0n) is 20.6. The zero-order chi connectivity index (χ0) is 25.8. The van der Waals surface area contributed by atoms with Gasteiger partial charge in [-0.05, 0) is 59.5 Å². The Morgan fingerprint density at radius 1 is 0.946 bits per heavy atom. The monoisotopic (exact) mass is 576 g/mol. The van der Waals surface area contributed by atoms with Crippen LogP contribution >= 0.6 is 27.5 Å². The number of halogens is 2. The maximum absolute atomic E-state index is 14.1. The van der Waals surface area contributed by atoms with Crippen LogP contribution in [0, 0.1) is 5.92 Å². The molecule has 0 saturated heterocycles. The third kappa shape index (κ3) is 6.00. The summed E-state index contributed by atoms with van der Waals surface area (Å²) in [6, 6.07) is 22.2. The largest absolute Gasteiger partial charge is 0.361 e. The van der Waals surface area contributed by atoms with Crippen molar-refractivity contribution in [3.8, 4) is 0 Å². The van der Waals surface area contributed by atoms with E-state index in [1.165, 1.54) is 19.3 Å². The number of carbonyl (C=O) groups excluding carboxylic acids is 2. The van der Waals surface area contributed by atoms with Gasteiger partial charge in [0.15, 0.2) is 5.78 Å². The fourth-order valence-corrected chi connectivity index (χ4v) is 5.87. The van der Waals surface area contributed by atoms with Crippen molar-refractivity contribution in [2.24, 2.45) is 5.92 Å². The van der Waals surface area contributed by atoms with Gasteiger partial charge < -0.3 is 4.98 Å². The van der Waals surface area contributed by atoms with Gasteiger partial charge in [0.2, 0.25) is 5.91 Å². The lowest BCUT2D eigenvalue weighted by atomic mass is 9.83. The number of nitrogens with zero attached hydrogens (tertiary/aromatic N) is 1. The number of H-pyrrole nitrogens is 1. The molecule has 0 bridgehead atoms. The highest BCUT2D eigenvalue weighted by atomic mass is 79.9. The number of nitrogens with one attached hydrogen (secondary N) is 1. The van der Waals surface area contributed by atoms with Crippen molar-refractivity contribution in [1.82, 2.24) is 4.98 Å². The van der Waals surface area contributed by atoms with Crippen LogP contribution in [-0.4, -0.2) is 16.7 Å². The van der Waals surface area contributed by atoms with Crippen LogP contribution in [0.1, 0.15) is 55.7 Å². The lowest BCUT2D eigenvalue weighted by molar-refractivity contribution is -0.125. The van der Waals surface area contributed by atoms with E-state index in [2.05, 4.69) is 20.9 Å². The number of Topliss-reactive ketones (excluding diaryl/α,β-unsaturated/α-hetero) is 1. The minimum atomic E-state index is -0.724. The van der Waals surface area contributed by atoms with Crippen molar-refractivity contribution >= 4 is 55.8 Å². The summed E-state index contributed by atoms with van der Waals surface area (Å²) in [5, 5.41) is 1.62. The molecule has 3 aromatic carbocycles. The highest BCUT2D eigenvalue weighted by Crippen LogP contribution is 2.35. The number of fused-ring (bicyclic) bond motifs is 1. The van der Waals surface area contributed by atoms with E-state index in [1.54, 1.807) is 17.0 Å². The highest BCUT2D eigenvalue weighted by Gasteiger charge is 2.34. The minimum absolute atomic E-state index is 0.0735. The summed E-state index contributed by atoms with van der Waals surface area (Å²) in [5.74, 6) is 0.319. The third-order valence-corrected chi connectivity index (χ3v) is 8.13. The Balaban J connectivity index is 1.55. The average molecular weight is 578 g/mol. The van der Waals surface area contributed by atoms with Crippen molar-refractivity contribution in [2.45, 2.75) is 51.0 Å². The summed E-state index contributed by atoms with van der Waals surface area (Å²) in [7, 11) is 0. The van der Waals surface area contributed by atoms with E-state index < -0.39 is 6.04 Å². The Hall–Kier alpha value is -2.89. The summed E-state index contributed by atoms with van der Waals surface area (Å²) in [6.07, 6.45) is 8.25. The molecule has 0 aliphatic heterocycles. The quantitative estimate of drug-likeness (QED) is 0.228. The van der Waals surface area contributed by atoms with Gasteiger partial charge in [0.25, 0.3) is 0 Å².